The molecule has 2 nitrogen and oxygen atoms in total. The van der Waals surface area contributed by atoms with Gasteiger partial charge in [0.2, 0.25) is 0 Å². The molecule has 0 radical (unpaired) electrons. The van der Waals surface area contributed by atoms with Crippen LogP contribution in [0.2, 0.25) is 5.02 Å². The number of rotatable bonds is 2. The van der Waals surface area contributed by atoms with Gasteiger partial charge >= 0.3 is 0 Å². The maximum absolute atomic E-state index is 6.01. The Morgan fingerprint density at radius 1 is 1.44 bits per heavy atom. The van der Waals surface area contributed by atoms with Gasteiger partial charge in [-0.05, 0) is 30.0 Å². The SMILES string of the molecule is CC1CCc2nc(Cc3cccc(Cl)c3)cn2C1. The van der Waals surface area contributed by atoms with E-state index in [0.29, 0.717) is 0 Å². The molecule has 0 fully saturated rings. The molecule has 3 heteroatoms. The summed E-state index contributed by atoms with van der Waals surface area (Å²) in [5, 5.41) is 0.796. The maximum Gasteiger partial charge on any atom is 0.108 e. The van der Waals surface area contributed by atoms with Crippen molar-refractivity contribution >= 4 is 11.6 Å². The van der Waals surface area contributed by atoms with Gasteiger partial charge in [-0.15, -0.1) is 0 Å². The lowest BCUT2D eigenvalue weighted by molar-refractivity contribution is 0.394. The highest BCUT2D eigenvalue weighted by molar-refractivity contribution is 6.30. The zero-order valence-corrected chi connectivity index (χ0v) is 11.3. The average molecular weight is 261 g/mol. The largest absolute Gasteiger partial charge is 0.334 e. The number of benzene rings is 1. The second kappa shape index (κ2) is 4.77. The molecule has 2 aromatic rings. The van der Waals surface area contributed by atoms with E-state index in [1.807, 2.05) is 18.2 Å². The monoisotopic (exact) mass is 260 g/mol. The van der Waals surface area contributed by atoms with Crippen molar-refractivity contribution in [2.24, 2.45) is 5.92 Å². The average Bonchev–Trinajstić information content (AvgIpc) is 2.70. The molecule has 1 unspecified atom stereocenters. The quantitative estimate of drug-likeness (QED) is 0.805. The number of imidazole rings is 1. The molecule has 2 heterocycles. The number of aromatic nitrogens is 2. The fourth-order valence-electron chi connectivity index (χ4n) is 2.61. The standard InChI is InChI=1S/C15H17ClN2/c1-11-5-6-15-17-14(10-18(15)9-11)8-12-3-2-4-13(16)7-12/h2-4,7,10-11H,5-6,8-9H2,1H3. The van der Waals surface area contributed by atoms with Crippen LogP contribution in [-0.4, -0.2) is 9.55 Å². The zero-order valence-electron chi connectivity index (χ0n) is 10.6. The van der Waals surface area contributed by atoms with Gasteiger partial charge in [0.05, 0.1) is 5.69 Å². The first-order valence-electron chi connectivity index (χ1n) is 6.50. The Hall–Kier alpha value is -1.28. The Kier molecular flexibility index (Phi) is 3.13. The molecule has 94 valence electrons. The molecule has 0 saturated heterocycles. The molecular formula is C15H17ClN2. The van der Waals surface area contributed by atoms with Gasteiger partial charge in [0.1, 0.15) is 5.82 Å². The Balaban J connectivity index is 1.82. The normalized spacial score (nSPS) is 18.7. The summed E-state index contributed by atoms with van der Waals surface area (Å²) in [7, 11) is 0. The minimum atomic E-state index is 0.769. The number of nitrogens with zero attached hydrogens (tertiary/aromatic N) is 2. The van der Waals surface area contributed by atoms with Crippen LogP contribution >= 0.6 is 11.6 Å². The van der Waals surface area contributed by atoms with Crippen molar-refractivity contribution < 1.29 is 0 Å². The molecule has 0 bridgehead atoms. The van der Waals surface area contributed by atoms with E-state index in [1.54, 1.807) is 0 Å². The van der Waals surface area contributed by atoms with Gasteiger partial charge in [-0.1, -0.05) is 30.7 Å². The molecular weight excluding hydrogens is 244 g/mol. The molecule has 1 aliphatic rings. The summed E-state index contributed by atoms with van der Waals surface area (Å²) in [4.78, 5) is 4.73. The van der Waals surface area contributed by atoms with Gasteiger partial charge in [-0.25, -0.2) is 4.98 Å². The van der Waals surface area contributed by atoms with Crippen molar-refractivity contribution in [3.05, 3.63) is 52.6 Å². The van der Waals surface area contributed by atoms with E-state index < -0.39 is 0 Å². The van der Waals surface area contributed by atoms with E-state index in [1.165, 1.54) is 17.8 Å². The van der Waals surface area contributed by atoms with Crippen molar-refractivity contribution in [3.8, 4) is 0 Å². The molecule has 18 heavy (non-hydrogen) atoms. The van der Waals surface area contributed by atoms with Gasteiger partial charge < -0.3 is 4.57 Å². The number of hydrogen-bond donors (Lipinski definition) is 0. The van der Waals surface area contributed by atoms with E-state index in [9.17, 15) is 0 Å². The molecule has 3 rings (SSSR count). The molecule has 1 aromatic heterocycles. The van der Waals surface area contributed by atoms with Crippen LogP contribution in [0.5, 0.6) is 0 Å². The van der Waals surface area contributed by atoms with Crippen LogP contribution in [0.15, 0.2) is 30.5 Å². The smallest absolute Gasteiger partial charge is 0.108 e. The van der Waals surface area contributed by atoms with Crippen molar-refractivity contribution in [2.45, 2.75) is 32.7 Å². The lowest BCUT2D eigenvalue weighted by Gasteiger charge is -2.19. The van der Waals surface area contributed by atoms with E-state index in [-0.39, 0.29) is 0 Å². The summed E-state index contributed by atoms with van der Waals surface area (Å²) in [6.45, 7) is 3.41. The lowest BCUT2D eigenvalue weighted by Crippen LogP contribution is -2.17. The van der Waals surface area contributed by atoms with Gasteiger partial charge in [0.25, 0.3) is 0 Å². The second-order valence-electron chi connectivity index (χ2n) is 5.25. The maximum atomic E-state index is 6.01. The highest BCUT2D eigenvalue weighted by atomic mass is 35.5. The number of fused-ring (bicyclic) bond motifs is 1. The topological polar surface area (TPSA) is 17.8 Å². The summed E-state index contributed by atoms with van der Waals surface area (Å²) in [6.07, 6.45) is 5.44. The number of aryl methyl sites for hydroxylation is 1. The first kappa shape index (κ1) is 11.8. The van der Waals surface area contributed by atoms with Gasteiger partial charge in [0.15, 0.2) is 0 Å². The number of halogens is 1. The van der Waals surface area contributed by atoms with Crippen LogP contribution in [0.25, 0.3) is 0 Å². The Bertz CT molecular complexity index is 559. The zero-order chi connectivity index (χ0) is 12.5. The highest BCUT2D eigenvalue weighted by Crippen LogP contribution is 2.21. The fourth-order valence-corrected chi connectivity index (χ4v) is 2.83. The van der Waals surface area contributed by atoms with E-state index >= 15 is 0 Å². The van der Waals surface area contributed by atoms with Gasteiger partial charge in [-0.3, -0.25) is 0 Å². The first-order chi connectivity index (χ1) is 8.70. The van der Waals surface area contributed by atoms with Crippen molar-refractivity contribution in [2.75, 3.05) is 0 Å². The van der Waals surface area contributed by atoms with Crippen LogP contribution in [0.1, 0.15) is 30.4 Å². The molecule has 0 amide bonds. The van der Waals surface area contributed by atoms with Crippen molar-refractivity contribution in [3.63, 3.8) is 0 Å². The second-order valence-corrected chi connectivity index (χ2v) is 5.69. The van der Waals surface area contributed by atoms with Gasteiger partial charge in [-0.2, -0.15) is 0 Å². The van der Waals surface area contributed by atoms with Crippen molar-refractivity contribution in [1.82, 2.24) is 9.55 Å². The molecule has 0 spiro atoms. The summed E-state index contributed by atoms with van der Waals surface area (Å²) in [5.41, 5.74) is 2.38. The van der Waals surface area contributed by atoms with Gasteiger partial charge in [0, 0.05) is 30.6 Å². The Morgan fingerprint density at radius 3 is 3.17 bits per heavy atom. The molecule has 1 aromatic carbocycles. The third-order valence-corrected chi connectivity index (χ3v) is 3.79. The third-order valence-electron chi connectivity index (χ3n) is 3.55. The van der Waals surface area contributed by atoms with E-state index in [2.05, 4.69) is 23.8 Å². The summed E-state index contributed by atoms with van der Waals surface area (Å²) >= 11 is 6.01. The Morgan fingerprint density at radius 2 is 2.33 bits per heavy atom. The summed E-state index contributed by atoms with van der Waals surface area (Å²) in [6, 6.07) is 8.02. The lowest BCUT2D eigenvalue weighted by atomic mass is 10.0. The van der Waals surface area contributed by atoms with Crippen LogP contribution in [-0.2, 0) is 19.4 Å². The molecule has 1 aliphatic heterocycles. The predicted octanol–water partition coefficient (Wildman–Crippen LogP) is 3.71. The van der Waals surface area contributed by atoms with Crippen LogP contribution in [0, 0.1) is 5.92 Å². The minimum Gasteiger partial charge on any atom is -0.334 e. The molecule has 1 atom stereocenters. The molecule has 0 aliphatic carbocycles. The highest BCUT2D eigenvalue weighted by Gasteiger charge is 2.17. The van der Waals surface area contributed by atoms with Crippen LogP contribution in [0.4, 0.5) is 0 Å². The molecule has 0 N–H and O–H groups in total. The third kappa shape index (κ3) is 2.44. The van der Waals surface area contributed by atoms with E-state index in [4.69, 9.17) is 16.6 Å². The fraction of sp³-hybridized carbons (Fsp3) is 0.400. The summed E-state index contributed by atoms with van der Waals surface area (Å²) < 4.78 is 2.31. The predicted molar refractivity (Wildman–Crippen MR) is 74.0 cm³/mol. The van der Waals surface area contributed by atoms with Crippen molar-refractivity contribution in [1.29, 1.82) is 0 Å². The van der Waals surface area contributed by atoms with E-state index in [0.717, 1.165) is 36.0 Å². The summed E-state index contributed by atoms with van der Waals surface area (Å²) in [5.74, 6) is 2.01. The first-order valence-corrected chi connectivity index (χ1v) is 6.88. The number of hydrogen-bond acceptors (Lipinski definition) is 1. The molecule has 0 saturated carbocycles. The van der Waals surface area contributed by atoms with Crippen LogP contribution in [0.3, 0.4) is 0 Å². The Labute approximate surface area is 113 Å². The van der Waals surface area contributed by atoms with Crippen LogP contribution < -0.4 is 0 Å². The minimum absolute atomic E-state index is 0.769.